The van der Waals surface area contributed by atoms with Gasteiger partial charge in [-0.1, -0.05) is 0 Å². The third kappa shape index (κ3) is 2.37. The highest BCUT2D eigenvalue weighted by Crippen LogP contribution is 2.15. The van der Waals surface area contributed by atoms with Crippen molar-refractivity contribution in [1.29, 1.82) is 5.41 Å². The van der Waals surface area contributed by atoms with Crippen molar-refractivity contribution >= 4 is 11.4 Å². The summed E-state index contributed by atoms with van der Waals surface area (Å²) in [4.78, 5) is 4.05. The van der Waals surface area contributed by atoms with Crippen LogP contribution in [-0.4, -0.2) is 31.2 Å². The highest BCUT2D eigenvalue weighted by molar-refractivity contribution is 6.23. The normalized spacial score (nSPS) is 22.8. The van der Waals surface area contributed by atoms with Gasteiger partial charge in [0.05, 0.1) is 6.54 Å². The van der Waals surface area contributed by atoms with Crippen LogP contribution in [0.5, 0.6) is 0 Å². The second kappa shape index (κ2) is 4.16. The number of aliphatic imine (C=N–C) groups is 1. The molecule has 0 saturated carbocycles. The van der Waals surface area contributed by atoms with Gasteiger partial charge in [0.15, 0.2) is 0 Å². The molecule has 3 nitrogen and oxygen atoms in total. The van der Waals surface area contributed by atoms with E-state index in [1.54, 1.807) is 20.2 Å². The van der Waals surface area contributed by atoms with E-state index >= 15 is 0 Å². The molecule has 1 heterocycles. The average Bonchev–Trinajstić information content (AvgIpc) is 2.46. The Bertz CT molecular complexity index is 268. The third-order valence-corrected chi connectivity index (χ3v) is 1.90. The van der Waals surface area contributed by atoms with E-state index in [4.69, 9.17) is 5.41 Å². The Kier molecular flexibility index (Phi) is 3.17. The molecule has 72 valence electrons. The van der Waals surface area contributed by atoms with Crippen molar-refractivity contribution in [2.45, 2.75) is 19.5 Å². The van der Waals surface area contributed by atoms with E-state index in [9.17, 15) is 4.39 Å². The van der Waals surface area contributed by atoms with Gasteiger partial charge < -0.3 is 10.7 Å². The monoisotopic (exact) mass is 183 g/mol. The Balaban J connectivity index is 2.78. The molecule has 0 saturated heterocycles. The highest BCUT2D eigenvalue weighted by Gasteiger charge is 2.21. The zero-order valence-corrected chi connectivity index (χ0v) is 7.89. The first-order valence-electron chi connectivity index (χ1n) is 4.26. The van der Waals surface area contributed by atoms with Gasteiger partial charge in [-0.3, -0.25) is 4.99 Å². The number of hydrogen-bond acceptors (Lipinski definition) is 3. The van der Waals surface area contributed by atoms with Crippen LogP contribution in [0.25, 0.3) is 0 Å². The van der Waals surface area contributed by atoms with E-state index in [1.807, 2.05) is 0 Å². The van der Waals surface area contributed by atoms with Gasteiger partial charge in [-0.2, -0.15) is 0 Å². The third-order valence-electron chi connectivity index (χ3n) is 1.90. The van der Waals surface area contributed by atoms with Crippen molar-refractivity contribution in [2.24, 2.45) is 4.99 Å². The van der Waals surface area contributed by atoms with Crippen molar-refractivity contribution in [2.75, 3.05) is 13.6 Å². The second-order valence-electron chi connectivity index (χ2n) is 3.06. The first-order chi connectivity index (χ1) is 6.15. The summed E-state index contributed by atoms with van der Waals surface area (Å²) in [6, 6.07) is 0. The van der Waals surface area contributed by atoms with Crippen LogP contribution in [0, 0.1) is 5.41 Å². The lowest BCUT2D eigenvalue weighted by Gasteiger charge is -2.04. The number of alkyl halides is 1. The summed E-state index contributed by atoms with van der Waals surface area (Å²) < 4.78 is 12.8. The van der Waals surface area contributed by atoms with Gasteiger partial charge in [-0.25, -0.2) is 4.39 Å². The fourth-order valence-electron chi connectivity index (χ4n) is 1.30. The molecule has 0 aliphatic carbocycles. The first-order valence-corrected chi connectivity index (χ1v) is 4.26. The number of hydrogen-bond donors (Lipinski definition) is 2. The lowest BCUT2D eigenvalue weighted by atomic mass is 10.0. The maximum absolute atomic E-state index is 12.8. The Labute approximate surface area is 77.3 Å². The molecule has 0 aromatic heterocycles. The minimum Gasteiger partial charge on any atom is -0.393 e. The van der Waals surface area contributed by atoms with Crippen molar-refractivity contribution < 1.29 is 4.39 Å². The van der Waals surface area contributed by atoms with Gasteiger partial charge >= 0.3 is 0 Å². The van der Waals surface area contributed by atoms with Crippen LogP contribution in [0.15, 0.2) is 16.8 Å². The van der Waals surface area contributed by atoms with Gasteiger partial charge in [0.1, 0.15) is 6.17 Å². The molecule has 0 fully saturated rings. The van der Waals surface area contributed by atoms with Crippen LogP contribution in [0.4, 0.5) is 4.39 Å². The molecule has 0 bridgehead atoms. The largest absolute Gasteiger partial charge is 0.393 e. The fourth-order valence-corrected chi connectivity index (χ4v) is 1.30. The Morgan fingerprint density at radius 2 is 2.46 bits per heavy atom. The van der Waals surface area contributed by atoms with E-state index in [2.05, 4.69) is 10.3 Å². The number of nitrogens with one attached hydrogen (secondary N) is 2. The van der Waals surface area contributed by atoms with E-state index in [0.717, 1.165) is 0 Å². The molecule has 2 N–H and O–H groups in total. The highest BCUT2D eigenvalue weighted by atomic mass is 19.1. The number of rotatable bonds is 3. The molecule has 0 aromatic carbocycles. The molecule has 4 heteroatoms. The van der Waals surface area contributed by atoms with Crippen LogP contribution in [0.1, 0.15) is 13.3 Å². The molecular formula is C9H14FN3. The maximum Gasteiger partial charge on any atom is 0.125 e. The van der Waals surface area contributed by atoms with Crippen LogP contribution in [0.3, 0.4) is 0 Å². The fraction of sp³-hybridized carbons (Fsp3) is 0.556. The van der Waals surface area contributed by atoms with Crippen molar-refractivity contribution in [3.8, 4) is 0 Å². The summed E-state index contributed by atoms with van der Waals surface area (Å²) in [5.74, 6) is 0. The zero-order chi connectivity index (χ0) is 9.84. The summed E-state index contributed by atoms with van der Waals surface area (Å²) >= 11 is 0. The molecule has 13 heavy (non-hydrogen) atoms. The summed E-state index contributed by atoms with van der Waals surface area (Å²) in [6.45, 7) is 1.92. The molecule has 0 amide bonds. The zero-order valence-electron chi connectivity index (χ0n) is 7.89. The Morgan fingerprint density at radius 3 is 2.85 bits per heavy atom. The lowest BCUT2D eigenvalue weighted by Crippen LogP contribution is -2.12. The SMILES string of the molecule is CN/C=C(\C(C)=N)C1=NCC(F)C1. The van der Waals surface area contributed by atoms with E-state index in [-0.39, 0.29) is 6.54 Å². The standard InChI is InChI=1S/C9H14FN3/c1-6(11)8(5-12-2)9-3-7(10)4-13-9/h5,7,11-12H,3-4H2,1-2H3/b8-5+,11-6?. The molecule has 1 aliphatic rings. The topological polar surface area (TPSA) is 48.2 Å². The predicted molar refractivity (Wildman–Crippen MR) is 52.4 cm³/mol. The molecule has 1 rings (SSSR count). The Hall–Kier alpha value is -1.19. The molecule has 0 radical (unpaired) electrons. The molecule has 1 unspecified atom stereocenters. The van der Waals surface area contributed by atoms with Crippen molar-refractivity contribution in [3.05, 3.63) is 11.8 Å². The van der Waals surface area contributed by atoms with Crippen LogP contribution < -0.4 is 5.32 Å². The van der Waals surface area contributed by atoms with Gasteiger partial charge in [0, 0.05) is 36.7 Å². The summed E-state index contributed by atoms with van der Waals surface area (Å²) in [7, 11) is 1.76. The number of nitrogens with zero attached hydrogens (tertiary/aromatic N) is 1. The van der Waals surface area contributed by atoms with E-state index in [1.165, 1.54) is 0 Å². The molecule has 1 atom stereocenters. The quantitative estimate of drug-likeness (QED) is 0.637. The molecule has 0 aromatic rings. The van der Waals surface area contributed by atoms with Gasteiger partial charge in [0.25, 0.3) is 0 Å². The second-order valence-corrected chi connectivity index (χ2v) is 3.06. The van der Waals surface area contributed by atoms with Crippen LogP contribution in [-0.2, 0) is 0 Å². The number of halogens is 1. The minimum absolute atomic E-state index is 0.240. The van der Waals surface area contributed by atoms with Crippen molar-refractivity contribution in [1.82, 2.24) is 5.32 Å². The van der Waals surface area contributed by atoms with E-state index < -0.39 is 6.17 Å². The summed E-state index contributed by atoms with van der Waals surface area (Å²) in [5.41, 5.74) is 1.83. The smallest absolute Gasteiger partial charge is 0.125 e. The van der Waals surface area contributed by atoms with Crippen molar-refractivity contribution in [3.63, 3.8) is 0 Å². The minimum atomic E-state index is -0.866. The van der Waals surface area contributed by atoms with Gasteiger partial charge in [-0.15, -0.1) is 0 Å². The van der Waals surface area contributed by atoms with Gasteiger partial charge in [-0.05, 0) is 6.92 Å². The first kappa shape index (κ1) is 9.89. The van der Waals surface area contributed by atoms with E-state index in [0.29, 0.717) is 23.4 Å². The van der Waals surface area contributed by atoms with Gasteiger partial charge in [0.2, 0.25) is 0 Å². The summed E-state index contributed by atoms with van der Waals surface area (Å²) in [6.07, 6.45) is 1.16. The number of allylic oxidation sites excluding steroid dienone is 1. The summed E-state index contributed by atoms with van der Waals surface area (Å²) in [5, 5.41) is 10.3. The maximum atomic E-state index is 12.8. The Morgan fingerprint density at radius 1 is 1.77 bits per heavy atom. The van der Waals surface area contributed by atoms with Crippen LogP contribution in [0.2, 0.25) is 0 Å². The average molecular weight is 183 g/mol. The molecule has 0 spiro atoms. The van der Waals surface area contributed by atoms with Crippen LogP contribution >= 0.6 is 0 Å². The molecular weight excluding hydrogens is 169 g/mol. The molecule has 1 aliphatic heterocycles. The predicted octanol–water partition coefficient (Wildman–Crippen LogP) is 1.31. The lowest BCUT2D eigenvalue weighted by molar-refractivity contribution is 0.367.